The lowest BCUT2D eigenvalue weighted by Crippen LogP contribution is -2.37. The topological polar surface area (TPSA) is 63.7 Å². The summed E-state index contributed by atoms with van der Waals surface area (Å²) in [4.78, 5) is 11.1. The largest absolute Gasteiger partial charge is 0.497 e. The molecule has 2 aromatic carbocycles. The van der Waals surface area contributed by atoms with Crippen molar-refractivity contribution in [1.29, 1.82) is 0 Å². The highest BCUT2D eigenvalue weighted by molar-refractivity contribution is 7.90. The molecule has 5 nitrogen and oxygen atoms in total. The number of methoxy groups -OCH3 is 1. The molecule has 6 heteroatoms. The fourth-order valence-electron chi connectivity index (χ4n) is 2.37. The minimum Gasteiger partial charge on any atom is -0.497 e. The molecule has 0 aliphatic heterocycles. The van der Waals surface area contributed by atoms with Gasteiger partial charge in [0.15, 0.2) is 0 Å². The number of hydrogen-bond acceptors (Lipinski definition) is 4. The van der Waals surface area contributed by atoms with Gasteiger partial charge in [-0.1, -0.05) is 42.0 Å². The molecule has 0 heterocycles. The fourth-order valence-corrected chi connectivity index (χ4v) is 3.64. The van der Waals surface area contributed by atoms with Crippen molar-refractivity contribution in [1.82, 2.24) is 4.31 Å². The Morgan fingerprint density at radius 1 is 1.00 bits per heavy atom. The Balaban J connectivity index is 2.30. The van der Waals surface area contributed by atoms with Crippen molar-refractivity contribution >= 4 is 16.3 Å². The van der Waals surface area contributed by atoms with Crippen LogP contribution in [0.1, 0.15) is 23.6 Å². The monoisotopic (exact) mass is 361 g/mol. The Labute approximate surface area is 149 Å². The number of hydrogen-bond donors (Lipinski definition) is 0. The van der Waals surface area contributed by atoms with Crippen LogP contribution < -0.4 is 4.74 Å². The molecule has 0 saturated heterocycles. The summed E-state index contributed by atoms with van der Waals surface area (Å²) < 4.78 is 31.9. The quantitative estimate of drug-likeness (QED) is 0.678. The first-order chi connectivity index (χ1) is 11.9. The highest BCUT2D eigenvalue weighted by atomic mass is 32.2. The van der Waals surface area contributed by atoms with Gasteiger partial charge in [-0.25, -0.2) is 8.42 Å². The van der Waals surface area contributed by atoms with E-state index in [4.69, 9.17) is 4.74 Å². The molecule has 2 rings (SSSR count). The molecule has 2 aromatic rings. The average Bonchev–Trinajstić information content (AvgIpc) is 2.62. The molecule has 0 aromatic heterocycles. The Kier molecular flexibility index (Phi) is 6.33. The first-order valence-electron chi connectivity index (χ1n) is 7.99. The standard InChI is InChI=1S/C19H23NO4S/c1-15-4-6-17(7-5-15)12-20(25(22,23)16(2)14-21)13-18-8-10-19(24-3)11-9-18/h4-11,14,16H,12-13H2,1-3H3/t16-/m0/s1. The number of carbonyl (C=O) groups is 1. The minimum atomic E-state index is -3.74. The fraction of sp³-hybridized carbons (Fsp3) is 0.316. The second-order valence-electron chi connectivity index (χ2n) is 5.99. The lowest BCUT2D eigenvalue weighted by molar-refractivity contribution is -0.107. The molecule has 134 valence electrons. The van der Waals surface area contributed by atoms with E-state index in [2.05, 4.69) is 0 Å². The Hall–Kier alpha value is -2.18. The molecule has 0 unspecified atom stereocenters. The molecular formula is C19H23NO4S. The smallest absolute Gasteiger partial charge is 0.224 e. The zero-order valence-electron chi connectivity index (χ0n) is 14.7. The molecule has 0 saturated carbocycles. The van der Waals surface area contributed by atoms with Crippen molar-refractivity contribution in [2.45, 2.75) is 32.2 Å². The number of sulfonamides is 1. The average molecular weight is 361 g/mol. The van der Waals surface area contributed by atoms with Crippen molar-refractivity contribution in [3.8, 4) is 5.75 Å². The third kappa shape index (κ3) is 4.90. The molecule has 0 aliphatic rings. The first-order valence-corrected chi connectivity index (χ1v) is 9.50. The second kappa shape index (κ2) is 8.27. The van der Waals surface area contributed by atoms with Gasteiger partial charge >= 0.3 is 0 Å². The van der Waals surface area contributed by atoms with Crippen LogP contribution in [0.4, 0.5) is 0 Å². The predicted molar refractivity (Wildman–Crippen MR) is 97.9 cm³/mol. The summed E-state index contributed by atoms with van der Waals surface area (Å²) >= 11 is 0. The van der Waals surface area contributed by atoms with Gasteiger partial charge in [0, 0.05) is 13.1 Å². The van der Waals surface area contributed by atoms with Gasteiger partial charge < -0.3 is 9.53 Å². The van der Waals surface area contributed by atoms with E-state index in [1.807, 2.05) is 43.3 Å². The summed E-state index contributed by atoms with van der Waals surface area (Å²) in [5.41, 5.74) is 2.81. The van der Waals surface area contributed by atoms with E-state index >= 15 is 0 Å². The van der Waals surface area contributed by atoms with Crippen LogP contribution in [0.5, 0.6) is 5.75 Å². The Bertz CT molecular complexity index is 798. The number of nitrogens with zero attached hydrogens (tertiary/aromatic N) is 1. The van der Waals surface area contributed by atoms with Gasteiger partial charge in [0.2, 0.25) is 10.0 Å². The second-order valence-corrected chi connectivity index (χ2v) is 8.28. The Morgan fingerprint density at radius 3 is 1.92 bits per heavy atom. The van der Waals surface area contributed by atoms with Crippen LogP contribution in [-0.2, 0) is 27.9 Å². The van der Waals surface area contributed by atoms with E-state index in [-0.39, 0.29) is 13.1 Å². The highest BCUT2D eigenvalue weighted by Gasteiger charge is 2.28. The number of aldehydes is 1. The first kappa shape index (κ1) is 19.1. The van der Waals surface area contributed by atoms with Gasteiger partial charge in [-0.15, -0.1) is 0 Å². The molecule has 1 atom stereocenters. The van der Waals surface area contributed by atoms with Gasteiger partial charge in [0.1, 0.15) is 17.3 Å². The van der Waals surface area contributed by atoms with Crippen molar-refractivity contribution in [2.75, 3.05) is 7.11 Å². The zero-order chi connectivity index (χ0) is 18.4. The summed E-state index contributed by atoms with van der Waals surface area (Å²) in [7, 11) is -2.16. The SMILES string of the molecule is COc1ccc(CN(Cc2ccc(C)cc2)S(=O)(=O)[C@@H](C)C=O)cc1. The van der Waals surface area contributed by atoms with Gasteiger partial charge in [-0.05, 0) is 37.1 Å². The van der Waals surface area contributed by atoms with E-state index in [9.17, 15) is 13.2 Å². The third-order valence-corrected chi connectivity index (χ3v) is 6.05. The van der Waals surface area contributed by atoms with E-state index in [1.165, 1.54) is 11.2 Å². The summed E-state index contributed by atoms with van der Waals surface area (Å²) in [6.45, 7) is 3.79. The van der Waals surface area contributed by atoms with Crippen LogP contribution in [-0.4, -0.2) is 31.4 Å². The maximum atomic E-state index is 12.7. The van der Waals surface area contributed by atoms with E-state index in [0.717, 1.165) is 16.7 Å². The zero-order valence-corrected chi connectivity index (χ0v) is 15.5. The number of benzene rings is 2. The van der Waals surface area contributed by atoms with E-state index in [0.29, 0.717) is 12.0 Å². The summed E-state index contributed by atoms with van der Waals surface area (Å²) in [5.74, 6) is 0.706. The van der Waals surface area contributed by atoms with Crippen LogP contribution in [0.2, 0.25) is 0 Å². The molecule has 0 N–H and O–H groups in total. The van der Waals surface area contributed by atoms with Crippen LogP contribution in [0.15, 0.2) is 48.5 Å². The molecule has 0 radical (unpaired) electrons. The number of rotatable bonds is 8. The van der Waals surface area contributed by atoms with Crippen molar-refractivity contribution in [2.24, 2.45) is 0 Å². The van der Waals surface area contributed by atoms with E-state index < -0.39 is 15.3 Å². The number of ether oxygens (including phenoxy) is 1. The van der Waals surface area contributed by atoms with E-state index in [1.54, 1.807) is 19.2 Å². The van der Waals surface area contributed by atoms with Crippen molar-refractivity contribution in [3.05, 3.63) is 65.2 Å². The lowest BCUT2D eigenvalue weighted by Gasteiger charge is -2.24. The minimum absolute atomic E-state index is 0.193. The Morgan fingerprint density at radius 2 is 1.48 bits per heavy atom. The van der Waals surface area contributed by atoms with Crippen LogP contribution >= 0.6 is 0 Å². The van der Waals surface area contributed by atoms with Gasteiger partial charge in [-0.3, -0.25) is 0 Å². The normalized spacial score (nSPS) is 12.8. The highest BCUT2D eigenvalue weighted by Crippen LogP contribution is 2.19. The molecule has 0 fully saturated rings. The summed E-state index contributed by atoms with van der Waals surface area (Å²) in [6.07, 6.45) is 0.464. The molecule has 0 aliphatic carbocycles. The van der Waals surface area contributed by atoms with Crippen molar-refractivity contribution < 1.29 is 17.9 Å². The maximum Gasteiger partial charge on any atom is 0.224 e. The van der Waals surface area contributed by atoms with Crippen molar-refractivity contribution in [3.63, 3.8) is 0 Å². The number of carbonyl (C=O) groups excluding carboxylic acids is 1. The van der Waals surface area contributed by atoms with Crippen LogP contribution in [0, 0.1) is 6.92 Å². The van der Waals surface area contributed by atoms with Gasteiger partial charge in [0.25, 0.3) is 0 Å². The molecule has 0 bridgehead atoms. The van der Waals surface area contributed by atoms with Gasteiger partial charge in [-0.2, -0.15) is 4.31 Å². The van der Waals surface area contributed by atoms with Crippen LogP contribution in [0.25, 0.3) is 0 Å². The summed E-state index contributed by atoms with van der Waals surface area (Å²) in [6, 6.07) is 14.9. The molecule has 0 amide bonds. The summed E-state index contributed by atoms with van der Waals surface area (Å²) in [5, 5.41) is -1.09. The van der Waals surface area contributed by atoms with Gasteiger partial charge in [0.05, 0.1) is 7.11 Å². The third-order valence-electron chi connectivity index (χ3n) is 4.02. The van der Waals surface area contributed by atoms with Crippen LogP contribution in [0.3, 0.4) is 0 Å². The number of aryl methyl sites for hydroxylation is 1. The lowest BCUT2D eigenvalue weighted by atomic mass is 10.1. The molecule has 0 spiro atoms. The predicted octanol–water partition coefficient (Wildman–Crippen LogP) is 2.92. The molecule has 25 heavy (non-hydrogen) atoms. The molecular weight excluding hydrogens is 338 g/mol. The maximum absolute atomic E-state index is 12.7.